The Bertz CT molecular complexity index is 1110. The maximum absolute atomic E-state index is 11.3. The molecule has 4 rings (SSSR count). The van der Waals surface area contributed by atoms with Gasteiger partial charge in [0.2, 0.25) is 5.95 Å². The number of hydrogen-bond donors (Lipinski definition) is 2. The Morgan fingerprint density at radius 1 is 1.23 bits per heavy atom. The van der Waals surface area contributed by atoms with E-state index in [4.69, 9.17) is 33.2 Å². The predicted octanol–water partition coefficient (Wildman–Crippen LogP) is 5.53. The molecule has 9 heteroatoms. The molecule has 0 atom stereocenters. The third-order valence-electron chi connectivity index (χ3n) is 5.59. The van der Waals surface area contributed by atoms with Crippen LogP contribution in [-0.2, 0) is 11.3 Å². The smallest absolute Gasteiger partial charge is 0.306 e. The molecule has 0 spiro atoms. The molecule has 158 valence electrons. The molecule has 2 aromatic heterocycles. The summed E-state index contributed by atoms with van der Waals surface area (Å²) in [7, 11) is 0. The summed E-state index contributed by atoms with van der Waals surface area (Å²) in [4.78, 5) is 25.1. The number of aliphatic carboxylic acids is 1. The highest BCUT2D eigenvalue weighted by Gasteiger charge is 2.27. The number of aryl methyl sites for hydroxylation is 2. The molecule has 2 N–H and O–H groups in total. The van der Waals surface area contributed by atoms with Gasteiger partial charge in [-0.2, -0.15) is 4.98 Å². The number of fused-ring (bicyclic) bond motifs is 1. The van der Waals surface area contributed by atoms with E-state index in [0.29, 0.717) is 48.5 Å². The van der Waals surface area contributed by atoms with Crippen molar-refractivity contribution in [2.45, 2.75) is 33.2 Å². The Balaban J connectivity index is 1.63. The molecule has 0 aliphatic carbocycles. The van der Waals surface area contributed by atoms with Gasteiger partial charge in [-0.15, -0.1) is 11.3 Å². The molecule has 0 radical (unpaired) electrons. The van der Waals surface area contributed by atoms with Crippen LogP contribution in [0, 0.1) is 19.8 Å². The highest BCUT2D eigenvalue weighted by atomic mass is 35.5. The summed E-state index contributed by atoms with van der Waals surface area (Å²) in [5.41, 5.74) is 2.17. The minimum Gasteiger partial charge on any atom is -0.481 e. The molecular formula is C21H22Cl2N4O2S. The SMILES string of the molecule is Cc1sc2nc(N3CCC(C(=O)O)CC3)nc(NCc3ccc(Cl)c(Cl)c3)c2c1C. The summed E-state index contributed by atoms with van der Waals surface area (Å²) >= 11 is 13.8. The molecule has 1 saturated heterocycles. The maximum atomic E-state index is 11.3. The number of halogens is 2. The Morgan fingerprint density at radius 3 is 2.63 bits per heavy atom. The molecule has 1 aromatic carbocycles. The number of nitrogens with zero attached hydrogens (tertiary/aromatic N) is 3. The standard InChI is InChI=1S/C21H22Cl2N4O2S/c1-11-12(2)30-19-17(11)18(24-10-13-3-4-15(22)16(23)9-13)25-21(26-19)27-7-5-14(6-8-27)20(28)29/h3-4,9,14H,5-8,10H2,1-2H3,(H,28,29)(H,24,25,26). The van der Waals surface area contributed by atoms with Crippen LogP contribution in [0.25, 0.3) is 10.2 Å². The van der Waals surface area contributed by atoms with Crippen molar-refractivity contribution in [2.24, 2.45) is 5.92 Å². The summed E-state index contributed by atoms with van der Waals surface area (Å²) in [6, 6.07) is 5.57. The van der Waals surface area contributed by atoms with Gasteiger partial charge in [-0.3, -0.25) is 4.79 Å². The third-order valence-corrected chi connectivity index (χ3v) is 7.43. The van der Waals surface area contributed by atoms with Crippen LogP contribution in [0.3, 0.4) is 0 Å². The lowest BCUT2D eigenvalue weighted by molar-refractivity contribution is -0.142. The largest absolute Gasteiger partial charge is 0.481 e. The molecule has 0 unspecified atom stereocenters. The van der Waals surface area contributed by atoms with Crippen molar-refractivity contribution in [3.05, 3.63) is 44.2 Å². The number of benzene rings is 1. The Morgan fingerprint density at radius 2 is 1.97 bits per heavy atom. The van der Waals surface area contributed by atoms with Crippen LogP contribution in [0.15, 0.2) is 18.2 Å². The van der Waals surface area contributed by atoms with Crippen LogP contribution in [0.2, 0.25) is 10.0 Å². The van der Waals surface area contributed by atoms with Crippen LogP contribution in [0.5, 0.6) is 0 Å². The first-order valence-corrected chi connectivity index (χ1v) is 11.3. The van der Waals surface area contributed by atoms with Crippen molar-refractivity contribution < 1.29 is 9.90 Å². The van der Waals surface area contributed by atoms with E-state index in [9.17, 15) is 9.90 Å². The number of aromatic nitrogens is 2. The van der Waals surface area contributed by atoms with Crippen molar-refractivity contribution in [3.8, 4) is 0 Å². The van der Waals surface area contributed by atoms with Crippen LogP contribution in [-0.4, -0.2) is 34.1 Å². The van der Waals surface area contributed by atoms with Crippen molar-refractivity contribution in [3.63, 3.8) is 0 Å². The van der Waals surface area contributed by atoms with E-state index < -0.39 is 5.97 Å². The van der Waals surface area contributed by atoms with Crippen molar-refractivity contribution >= 4 is 62.5 Å². The fraction of sp³-hybridized carbons (Fsp3) is 0.381. The lowest BCUT2D eigenvalue weighted by atomic mass is 9.97. The first-order valence-electron chi connectivity index (χ1n) is 9.76. The van der Waals surface area contributed by atoms with E-state index in [-0.39, 0.29) is 5.92 Å². The maximum Gasteiger partial charge on any atom is 0.306 e. The summed E-state index contributed by atoms with van der Waals surface area (Å²) in [6.07, 6.45) is 1.20. The summed E-state index contributed by atoms with van der Waals surface area (Å²) in [6.45, 7) is 6.00. The lowest BCUT2D eigenvalue weighted by Crippen LogP contribution is -2.37. The van der Waals surface area contributed by atoms with Gasteiger partial charge in [0.1, 0.15) is 10.6 Å². The predicted molar refractivity (Wildman–Crippen MR) is 123 cm³/mol. The molecule has 0 amide bonds. The Hall–Kier alpha value is -2.09. The number of piperidine rings is 1. The van der Waals surface area contributed by atoms with Gasteiger partial charge in [-0.05, 0) is 49.9 Å². The van der Waals surface area contributed by atoms with E-state index >= 15 is 0 Å². The van der Waals surface area contributed by atoms with E-state index in [2.05, 4.69) is 24.1 Å². The summed E-state index contributed by atoms with van der Waals surface area (Å²) < 4.78 is 0. The van der Waals surface area contributed by atoms with E-state index in [1.165, 1.54) is 10.4 Å². The van der Waals surface area contributed by atoms with Gasteiger partial charge in [0.05, 0.1) is 21.3 Å². The third kappa shape index (κ3) is 4.19. The fourth-order valence-electron chi connectivity index (χ4n) is 3.67. The number of carbonyl (C=O) groups is 1. The quantitative estimate of drug-likeness (QED) is 0.516. The number of rotatable bonds is 5. The Labute approximate surface area is 188 Å². The number of hydrogen-bond acceptors (Lipinski definition) is 6. The van der Waals surface area contributed by atoms with Crippen LogP contribution >= 0.6 is 34.5 Å². The number of thiophene rings is 1. The molecule has 0 saturated carbocycles. The number of anilines is 2. The highest BCUT2D eigenvalue weighted by molar-refractivity contribution is 7.18. The van der Waals surface area contributed by atoms with Gasteiger partial charge in [0.25, 0.3) is 0 Å². The average molecular weight is 465 g/mol. The van der Waals surface area contributed by atoms with Crippen LogP contribution < -0.4 is 10.2 Å². The second-order valence-corrected chi connectivity index (χ2v) is 9.55. The fourth-order valence-corrected chi connectivity index (χ4v) is 5.01. The molecule has 30 heavy (non-hydrogen) atoms. The van der Waals surface area contributed by atoms with Gasteiger partial charge in [0, 0.05) is 24.5 Å². The van der Waals surface area contributed by atoms with E-state index in [1.54, 1.807) is 17.4 Å². The van der Waals surface area contributed by atoms with E-state index in [0.717, 1.165) is 21.6 Å². The molecule has 1 aliphatic heterocycles. The molecule has 3 heterocycles. The average Bonchev–Trinajstić information content (AvgIpc) is 3.02. The van der Waals surface area contributed by atoms with Crippen LogP contribution in [0.4, 0.5) is 11.8 Å². The zero-order chi connectivity index (χ0) is 21.4. The molecule has 1 aliphatic rings. The zero-order valence-corrected chi connectivity index (χ0v) is 19.0. The first kappa shape index (κ1) is 21.2. The van der Waals surface area contributed by atoms with Gasteiger partial charge in [-0.25, -0.2) is 4.98 Å². The van der Waals surface area contributed by atoms with Crippen LogP contribution in [0.1, 0.15) is 28.8 Å². The van der Waals surface area contributed by atoms with Gasteiger partial charge >= 0.3 is 5.97 Å². The zero-order valence-electron chi connectivity index (χ0n) is 16.7. The van der Waals surface area contributed by atoms with Gasteiger partial charge in [0.15, 0.2) is 0 Å². The van der Waals surface area contributed by atoms with E-state index in [1.807, 2.05) is 12.1 Å². The topological polar surface area (TPSA) is 78.4 Å². The molecule has 3 aromatic rings. The van der Waals surface area contributed by atoms with Gasteiger partial charge < -0.3 is 15.3 Å². The number of nitrogens with one attached hydrogen (secondary N) is 1. The normalized spacial score (nSPS) is 15.0. The summed E-state index contributed by atoms with van der Waals surface area (Å²) in [5, 5.41) is 14.8. The molecule has 0 bridgehead atoms. The minimum absolute atomic E-state index is 0.288. The van der Waals surface area contributed by atoms with Crippen molar-refractivity contribution in [2.75, 3.05) is 23.3 Å². The van der Waals surface area contributed by atoms with Crippen molar-refractivity contribution in [1.29, 1.82) is 0 Å². The molecular weight excluding hydrogens is 443 g/mol. The first-order chi connectivity index (χ1) is 14.3. The number of carboxylic acid groups (broad SMARTS) is 1. The second-order valence-electron chi connectivity index (χ2n) is 7.54. The van der Waals surface area contributed by atoms with Gasteiger partial charge in [-0.1, -0.05) is 29.3 Å². The highest BCUT2D eigenvalue weighted by Crippen LogP contribution is 2.35. The second kappa shape index (κ2) is 8.57. The minimum atomic E-state index is -0.723. The van der Waals surface area contributed by atoms with Crippen molar-refractivity contribution in [1.82, 2.24) is 9.97 Å². The number of carboxylic acids is 1. The Kier molecular flexibility index (Phi) is 6.04. The summed E-state index contributed by atoms with van der Waals surface area (Å²) in [5.74, 6) is 0.412. The lowest BCUT2D eigenvalue weighted by Gasteiger charge is -2.30. The molecule has 6 nitrogen and oxygen atoms in total. The molecule has 1 fully saturated rings. The monoisotopic (exact) mass is 464 g/mol.